The average molecular weight is 601 g/mol. The number of carbonyl (C=O) groups excluding carboxylic acids is 2. The molecule has 218 valence electrons. The van der Waals surface area contributed by atoms with Crippen LogP contribution in [0.3, 0.4) is 0 Å². The Bertz CT molecular complexity index is 1490. The lowest BCUT2D eigenvalue weighted by Gasteiger charge is -2.38. The normalized spacial score (nSPS) is 17.9. The third kappa shape index (κ3) is 7.10. The molecule has 1 heterocycles. The lowest BCUT2D eigenvalue weighted by atomic mass is 9.99. The molecule has 0 aromatic heterocycles. The van der Waals surface area contributed by atoms with Crippen molar-refractivity contribution < 1.29 is 27.9 Å². The van der Waals surface area contributed by atoms with Gasteiger partial charge in [0.05, 0.1) is 35.3 Å². The second kappa shape index (κ2) is 12.8. The maximum Gasteiger partial charge on any atom is 0.321 e. The number of anilines is 2. The topological polar surface area (TPSA) is 128 Å². The molecule has 10 nitrogen and oxygen atoms in total. The molecule has 1 aliphatic rings. The van der Waals surface area contributed by atoms with E-state index in [1.807, 2.05) is 25.1 Å². The van der Waals surface area contributed by atoms with Crippen molar-refractivity contribution in [3.05, 3.63) is 83.4 Å². The molecule has 0 unspecified atom stereocenters. The third-order valence-corrected chi connectivity index (χ3v) is 8.52. The fraction of sp³-hybridized carbons (Fsp3) is 0.310. The van der Waals surface area contributed by atoms with Crippen LogP contribution in [0.15, 0.2) is 77.7 Å². The van der Waals surface area contributed by atoms with Crippen molar-refractivity contribution in [2.45, 2.75) is 30.9 Å². The van der Waals surface area contributed by atoms with Crippen LogP contribution in [0, 0.1) is 5.92 Å². The van der Waals surface area contributed by atoms with E-state index < -0.39 is 28.1 Å². The van der Waals surface area contributed by atoms with E-state index >= 15 is 0 Å². The summed E-state index contributed by atoms with van der Waals surface area (Å²) in [4.78, 5) is 29.6. The highest BCUT2D eigenvalue weighted by Crippen LogP contribution is 2.36. The number of benzene rings is 3. The number of carbonyl (C=O) groups is 2. The van der Waals surface area contributed by atoms with Gasteiger partial charge < -0.3 is 25.0 Å². The first-order valence-corrected chi connectivity index (χ1v) is 14.9. The lowest BCUT2D eigenvalue weighted by Crippen LogP contribution is -2.50. The first-order valence-electron chi connectivity index (χ1n) is 13.1. The van der Waals surface area contributed by atoms with Crippen LogP contribution in [-0.4, -0.2) is 74.2 Å². The number of ether oxygens (including phenoxy) is 1. The van der Waals surface area contributed by atoms with Gasteiger partial charge in [0.1, 0.15) is 6.10 Å². The summed E-state index contributed by atoms with van der Waals surface area (Å²) in [5.74, 6) is -0.665. The summed E-state index contributed by atoms with van der Waals surface area (Å²) in [5.41, 5.74) is 0.835. The smallest absolute Gasteiger partial charge is 0.321 e. The van der Waals surface area contributed by atoms with E-state index in [1.165, 1.54) is 35.2 Å². The third-order valence-electron chi connectivity index (χ3n) is 6.88. The van der Waals surface area contributed by atoms with Crippen LogP contribution in [0.5, 0.6) is 5.75 Å². The van der Waals surface area contributed by atoms with Gasteiger partial charge in [-0.2, -0.15) is 0 Å². The summed E-state index contributed by atoms with van der Waals surface area (Å²) in [6.45, 7) is 3.73. The van der Waals surface area contributed by atoms with Crippen LogP contribution in [-0.2, 0) is 10.0 Å². The second-order valence-corrected chi connectivity index (χ2v) is 12.2. The number of nitrogens with one attached hydrogen (secondary N) is 2. The van der Waals surface area contributed by atoms with E-state index in [4.69, 9.17) is 16.3 Å². The molecule has 0 radical (unpaired) electrons. The van der Waals surface area contributed by atoms with Crippen LogP contribution in [0.4, 0.5) is 16.2 Å². The number of likely N-dealkylation sites (N-methyl/N-ethyl adjacent to an activating group) is 1. The number of hydrogen-bond donors (Lipinski definition) is 3. The predicted molar refractivity (Wildman–Crippen MR) is 158 cm³/mol. The molecule has 1 aliphatic heterocycles. The highest BCUT2D eigenvalue weighted by atomic mass is 35.5. The van der Waals surface area contributed by atoms with Crippen molar-refractivity contribution in [2.24, 2.45) is 5.92 Å². The van der Waals surface area contributed by atoms with Gasteiger partial charge in [-0.3, -0.25) is 9.52 Å². The molecular formula is C29H33ClN4O6S. The Balaban J connectivity index is 1.69. The van der Waals surface area contributed by atoms with Gasteiger partial charge in [0.25, 0.3) is 15.9 Å². The van der Waals surface area contributed by atoms with Crippen molar-refractivity contribution >= 4 is 44.9 Å². The summed E-state index contributed by atoms with van der Waals surface area (Å²) in [5, 5.41) is 13.1. The van der Waals surface area contributed by atoms with E-state index in [0.717, 1.165) is 0 Å². The van der Waals surface area contributed by atoms with Gasteiger partial charge in [-0.25, -0.2) is 13.2 Å². The number of aliphatic hydroxyl groups is 1. The minimum Gasteiger partial charge on any atom is -0.485 e. The summed E-state index contributed by atoms with van der Waals surface area (Å²) in [6, 6.07) is 18.4. The summed E-state index contributed by atoms with van der Waals surface area (Å²) >= 11 is 5.93. The molecule has 4 rings (SSSR count). The molecule has 3 atom stereocenters. The lowest BCUT2D eigenvalue weighted by molar-refractivity contribution is 0.0373. The Hall–Kier alpha value is -3.80. The van der Waals surface area contributed by atoms with Gasteiger partial charge >= 0.3 is 6.03 Å². The molecule has 3 N–H and O–H groups in total. The fourth-order valence-electron chi connectivity index (χ4n) is 4.45. The standard InChI is InChI=1S/C29H33ClN4O6S/c1-19-16-34(20(2)18-35)28(36)24-10-7-11-25(32-41(38,39)23-14-12-21(30)13-15-23)27(24)40-26(19)17-33(3)29(37)31-22-8-5-4-6-9-22/h4-15,19-20,26,32,35H,16-18H2,1-3H3,(H,31,37)/t19-,20+,26-/m1/s1. The zero-order valence-electron chi connectivity index (χ0n) is 23.0. The average Bonchev–Trinajstić information content (AvgIpc) is 2.95. The fourth-order valence-corrected chi connectivity index (χ4v) is 5.64. The Labute approximate surface area is 244 Å². The van der Waals surface area contributed by atoms with Gasteiger partial charge in [0, 0.05) is 30.2 Å². The molecule has 3 amide bonds. The van der Waals surface area contributed by atoms with Gasteiger partial charge in [0.15, 0.2) is 5.75 Å². The van der Waals surface area contributed by atoms with E-state index in [-0.39, 0.29) is 53.5 Å². The molecule has 3 aromatic carbocycles. The number of rotatable bonds is 8. The van der Waals surface area contributed by atoms with Gasteiger partial charge in [0.2, 0.25) is 0 Å². The molecule has 12 heteroatoms. The molecule has 0 aliphatic carbocycles. The zero-order valence-corrected chi connectivity index (χ0v) is 24.5. The Morgan fingerprint density at radius 2 is 1.80 bits per heavy atom. The first-order chi connectivity index (χ1) is 19.5. The number of amides is 3. The van der Waals surface area contributed by atoms with Crippen LogP contribution >= 0.6 is 11.6 Å². The van der Waals surface area contributed by atoms with E-state index in [9.17, 15) is 23.1 Å². The minimum atomic E-state index is -4.07. The number of halogens is 1. The van der Waals surface area contributed by atoms with E-state index in [2.05, 4.69) is 10.0 Å². The quantitative estimate of drug-likeness (QED) is 0.349. The minimum absolute atomic E-state index is 0.0190. The molecule has 3 aromatic rings. The molecule has 0 spiro atoms. The zero-order chi connectivity index (χ0) is 29.7. The highest BCUT2D eigenvalue weighted by Gasteiger charge is 2.35. The second-order valence-electron chi connectivity index (χ2n) is 10.0. The van der Waals surface area contributed by atoms with E-state index in [1.54, 1.807) is 43.1 Å². The van der Waals surface area contributed by atoms with Gasteiger partial charge in [-0.1, -0.05) is 42.8 Å². The van der Waals surface area contributed by atoms with Crippen molar-refractivity contribution in [3.63, 3.8) is 0 Å². The maximum atomic E-state index is 13.7. The van der Waals surface area contributed by atoms with Gasteiger partial charge in [-0.15, -0.1) is 0 Å². The summed E-state index contributed by atoms with van der Waals surface area (Å²) in [7, 11) is -2.44. The summed E-state index contributed by atoms with van der Waals surface area (Å²) < 4.78 is 35.4. The number of para-hydroxylation sites is 2. The number of urea groups is 1. The predicted octanol–water partition coefficient (Wildman–Crippen LogP) is 4.52. The van der Waals surface area contributed by atoms with Crippen molar-refractivity contribution in [1.29, 1.82) is 0 Å². The van der Waals surface area contributed by atoms with E-state index in [0.29, 0.717) is 10.7 Å². The molecule has 0 saturated heterocycles. The van der Waals surface area contributed by atoms with Crippen LogP contribution < -0.4 is 14.8 Å². The monoisotopic (exact) mass is 600 g/mol. The number of fused-ring (bicyclic) bond motifs is 1. The first kappa shape index (κ1) is 30.2. The molecule has 41 heavy (non-hydrogen) atoms. The van der Waals surface area contributed by atoms with Crippen molar-refractivity contribution in [2.75, 3.05) is 36.8 Å². The molecular weight excluding hydrogens is 568 g/mol. The van der Waals surface area contributed by atoms with Crippen LogP contribution in [0.25, 0.3) is 0 Å². The Morgan fingerprint density at radius 3 is 2.46 bits per heavy atom. The Morgan fingerprint density at radius 1 is 1.12 bits per heavy atom. The number of hydrogen-bond acceptors (Lipinski definition) is 6. The molecule has 0 saturated carbocycles. The SMILES string of the molecule is C[C@@H]1CN([C@@H](C)CO)C(=O)c2cccc(NS(=O)(=O)c3ccc(Cl)cc3)c2O[C@@H]1CN(C)C(=O)Nc1ccccc1. The van der Waals surface area contributed by atoms with Gasteiger partial charge in [-0.05, 0) is 55.5 Å². The largest absolute Gasteiger partial charge is 0.485 e. The van der Waals surface area contributed by atoms with Crippen molar-refractivity contribution in [1.82, 2.24) is 9.80 Å². The summed E-state index contributed by atoms with van der Waals surface area (Å²) in [6.07, 6.45) is -0.636. The van der Waals surface area contributed by atoms with Crippen LogP contribution in [0.1, 0.15) is 24.2 Å². The highest BCUT2D eigenvalue weighted by molar-refractivity contribution is 7.92. The van der Waals surface area contributed by atoms with Crippen molar-refractivity contribution in [3.8, 4) is 5.75 Å². The molecule has 0 fully saturated rings. The number of sulfonamides is 1. The maximum absolute atomic E-state index is 13.7. The Kier molecular flexibility index (Phi) is 9.42. The number of nitrogens with zero attached hydrogens (tertiary/aromatic N) is 2. The number of aliphatic hydroxyl groups excluding tert-OH is 1. The molecule has 0 bridgehead atoms. The van der Waals surface area contributed by atoms with Crippen LogP contribution in [0.2, 0.25) is 5.02 Å².